The van der Waals surface area contributed by atoms with Crippen molar-refractivity contribution in [1.82, 2.24) is 10.3 Å². The smallest absolute Gasteiger partial charge is 0.137 e. The average Bonchev–Trinajstić information content (AvgIpc) is 2.46. The summed E-state index contributed by atoms with van der Waals surface area (Å²) in [6.45, 7) is 2.14. The van der Waals surface area contributed by atoms with Gasteiger partial charge in [0.15, 0.2) is 0 Å². The van der Waals surface area contributed by atoms with Crippen molar-refractivity contribution in [2.24, 2.45) is 0 Å². The molecule has 3 heteroatoms. The fourth-order valence-electron chi connectivity index (χ4n) is 1.96. The number of benzene rings is 1. The number of hydrogen-bond acceptors (Lipinski definition) is 3. The Balaban J connectivity index is 2.39. The highest BCUT2D eigenvalue weighted by molar-refractivity contribution is 5.62. The Bertz CT molecular complexity index is 496. The Morgan fingerprint density at radius 2 is 1.83 bits per heavy atom. The lowest BCUT2D eigenvalue weighted by Crippen LogP contribution is -2.19. The van der Waals surface area contributed by atoms with E-state index < -0.39 is 0 Å². The van der Waals surface area contributed by atoms with Crippen LogP contribution in [0.3, 0.4) is 0 Å². The van der Waals surface area contributed by atoms with Gasteiger partial charge < -0.3 is 10.2 Å². The SMILES string of the molecule is CNC(C)c1cccnc1N(C)c1ccccc1. The molecule has 0 saturated heterocycles. The van der Waals surface area contributed by atoms with E-state index in [-0.39, 0.29) is 6.04 Å². The molecule has 94 valence electrons. The summed E-state index contributed by atoms with van der Waals surface area (Å²) in [5.41, 5.74) is 2.34. The van der Waals surface area contributed by atoms with Crippen molar-refractivity contribution in [2.75, 3.05) is 19.0 Å². The van der Waals surface area contributed by atoms with Crippen molar-refractivity contribution in [3.05, 3.63) is 54.2 Å². The van der Waals surface area contributed by atoms with E-state index in [2.05, 4.69) is 40.3 Å². The summed E-state index contributed by atoms with van der Waals surface area (Å²) >= 11 is 0. The van der Waals surface area contributed by atoms with E-state index in [9.17, 15) is 0 Å². The highest BCUT2D eigenvalue weighted by Crippen LogP contribution is 2.28. The summed E-state index contributed by atoms with van der Waals surface area (Å²) in [6.07, 6.45) is 1.83. The molecule has 1 heterocycles. The van der Waals surface area contributed by atoms with E-state index in [0.717, 1.165) is 11.5 Å². The van der Waals surface area contributed by atoms with Crippen LogP contribution in [-0.2, 0) is 0 Å². The molecule has 1 N–H and O–H groups in total. The molecule has 3 nitrogen and oxygen atoms in total. The third kappa shape index (κ3) is 2.51. The molecule has 0 spiro atoms. The number of para-hydroxylation sites is 1. The number of anilines is 2. The zero-order valence-corrected chi connectivity index (χ0v) is 11.1. The number of aromatic nitrogens is 1. The first kappa shape index (κ1) is 12.6. The van der Waals surface area contributed by atoms with Crippen LogP contribution < -0.4 is 10.2 Å². The fraction of sp³-hybridized carbons (Fsp3) is 0.267. The van der Waals surface area contributed by atoms with Crippen molar-refractivity contribution in [3.8, 4) is 0 Å². The summed E-state index contributed by atoms with van der Waals surface area (Å²) in [6, 6.07) is 14.6. The molecule has 2 rings (SSSR count). The monoisotopic (exact) mass is 241 g/mol. The zero-order chi connectivity index (χ0) is 13.0. The van der Waals surface area contributed by atoms with Gasteiger partial charge in [-0.3, -0.25) is 0 Å². The highest BCUT2D eigenvalue weighted by atomic mass is 15.2. The average molecular weight is 241 g/mol. The molecule has 0 aliphatic rings. The Hall–Kier alpha value is -1.87. The molecule has 0 amide bonds. The molecule has 0 fully saturated rings. The third-order valence-electron chi connectivity index (χ3n) is 3.18. The van der Waals surface area contributed by atoms with Gasteiger partial charge in [0.1, 0.15) is 5.82 Å². The highest BCUT2D eigenvalue weighted by Gasteiger charge is 2.13. The predicted molar refractivity (Wildman–Crippen MR) is 76.2 cm³/mol. The van der Waals surface area contributed by atoms with E-state index in [1.165, 1.54) is 5.56 Å². The summed E-state index contributed by atoms with van der Waals surface area (Å²) in [4.78, 5) is 6.62. The van der Waals surface area contributed by atoms with Crippen LogP contribution in [0.4, 0.5) is 11.5 Å². The molecule has 0 saturated carbocycles. The molecule has 0 aliphatic carbocycles. The summed E-state index contributed by atoms with van der Waals surface area (Å²) in [5, 5.41) is 3.26. The van der Waals surface area contributed by atoms with Crippen LogP contribution in [0.15, 0.2) is 48.7 Å². The molecular formula is C15H19N3. The summed E-state index contributed by atoms with van der Waals surface area (Å²) < 4.78 is 0. The van der Waals surface area contributed by atoms with Gasteiger partial charge in [0.2, 0.25) is 0 Å². The van der Waals surface area contributed by atoms with Crippen molar-refractivity contribution in [1.29, 1.82) is 0 Å². The van der Waals surface area contributed by atoms with Crippen LogP contribution in [0, 0.1) is 0 Å². The molecule has 1 unspecified atom stereocenters. The van der Waals surface area contributed by atoms with Gasteiger partial charge in [0.05, 0.1) is 0 Å². The van der Waals surface area contributed by atoms with Gasteiger partial charge in [0, 0.05) is 30.5 Å². The second-order valence-electron chi connectivity index (χ2n) is 4.32. The Morgan fingerprint density at radius 1 is 1.11 bits per heavy atom. The number of hydrogen-bond donors (Lipinski definition) is 1. The Morgan fingerprint density at radius 3 is 2.50 bits per heavy atom. The van der Waals surface area contributed by atoms with Gasteiger partial charge in [0.25, 0.3) is 0 Å². The minimum absolute atomic E-state index is 0.278. The Labute approximate surface area is 108 Å². The van der Waals surface area contributed by atoms with Crippen LogP contribution in [0.2, 0.25) is 0 Å². The van der Waals surface area contributed by atoms with Gasteiger partial charge in [-0.15, -0.1) is 0 Å². The van der Waals surface area contributed by atoms with Crippen molar-refractivity contribution >= 4 is 11.5 Å². The second kappa shape index (κ2) is 5.65. The quantitative estimate of drug-likeness (QED) is 0.891. The lowest BCUT2D eigenvalue weighted by atomic mass is 10.1. The van der Waals surface area contributed by atoms with E-state index in [0.29, 0.717) is 0 Å². The topological polar surface area (TPSA) is 28.2 Å². The first-order valence-electron chi connectivity index (χ1n) is 6.15. The van der Waals surface area contributed by atoms with E-state index in [1.54, 1.807) is 0 Å². The molecule has 1 aromatic heterocycles. The molecule has 0 bridgehead atoms. The Kier molecular flexibility index (Phi) is 3.95. The molecule has 0 radical (unpaired) electrons. The van der Waals surface area contributed by atoms with E-state index in [4.69, 9.17) is 0 Å². The maximum Gasteiger partial charge on any atom is 0.137 e. The van der Waals surface area contributed by atoms with E-state index in [1.807, 2.05) is 44.6 Å². The maximum absolute atomic E-state index is 4.51. The molecule has 2 aromatic rings. The largest absolute Gasteiger partial charge is 0.329 e. The maximum atomic E-state index is 4.51. The number of nitrogens with one attached hydrogen (secondary N) is 1. The van der Waals surface area contributed by atoms with Crippen molar-refractivity contribution in [3.63, 3.8) is 0 Å². The number of rotatable bonds is 4. The van der Waals surface area contributed by atoms with E-state index >= 15 is 0 Å². The summed E-state index contributed by atoms with van der Waals surface area (Å²) in [7, 11) is 4.01. The number of nitrogens with zero attached hydrogens (tertiary/aromatic N) is 2. The molecule has 1 atom stereocenters. The predicted octanol–water partition coefficient (Wildman–Crippen LogP) is 3.13. The normalized spacial score (nSPS) is 12.2. The first-order chi connectivity index (χ1) is 8.74. The van der Waals surface area contributed by atoms with Gasteiger partial charge in [-0.2, -0.15) is 0 Å². The molecule has 0 aliphatic heterocycles. The lowest BCUT2D eigenvalue weighted by molar-refractivity contribution is 0.649. The van der Waals surface area contributed by atoms with Crippen LogP contribution in [-0.4, -0.2) is 19.1 Å². The van der Waals surface area contributed by atoms with Gasteiger partial charge in [-0.05, 0) is 32.2 Å². The fourth-order valence-corrected chi connectivity index (χ4v) is 1.96. The van der Waals surface area contributed by atoms with Crippen LogP contribution in [0.1, 0.15) is 18.5 Å². The first-order valence-corrected chi connectivity index (χ1v) is 6.15. The minimum Gasteiger partial charge on any atom is -0.329 e. The second-order valence-corrected chi connectivity index (χ2v) is 4.32. The molecule has 1 aromatic carbocycles. The van der Waals surface area contributed by atoms with Gasteiger partial charge in [-0.25, -0.2) is 4.98 Å². The number of pyridine rings is 1. The third-order valence-corrected chi connectivity index (χ3v) is 3.18. The lowest BCUT2D eigenvalue weighted by Gasteiger charge is -2.23. The van der Waals surface area contributed by atoms with Gasteiger partial charge in [-0.1, -0.05) is 24.3 Å². The van der Waals surface area contributed by atoms with Crippen LogP contribution in [0.25, 0.3) is 0 Å². The van der Waals surface area contributed by atoms with Crippen LogP contribution in [0.5, 0.6) is 0 Å². The zero-order valence-electron chi connectivity index (χ0n) is 11.1. The van der Waals surface area contributed by atoms with Crippen molar-refractivity contribution in [2.45, 2.75) is 13.0 Å². The standard InChI is InChI=1S/C15H19N3/c1-12(16-2)14-10-7-11-17-15(14)18(3)13-8-5-4-6-9-13/h4-12,16H,1-3H3. The summed E-state index contributed by atoms with van der Waals surface area (Å²) in [5.74, 6) is 0.991. The minimum atomic E-state index is 0.278. The van der Waals surface area contributed by atoms with Crippen LogP contribution >= 0.6 is 0 Å². The molecular weight excluding hydrogens is 222 g/mol. The van der Waals surface area contributed by atoms with Gasteiger partial charge >= 0.3 is 0 Å². The van der Waals surface area contributed by atoms with Crippen molar-refractivity contribution < 1.29 is 0 Å². The molecule has 18 heavy (non-hydrogen) atoms.